The highest BCUT2D eigenvalue weighted by molar-refractivity contribution is 7.61. The molecule has 23 heavy (non-hydrogen) atoms. The molecule has 0 amide bonds. The minimum atomic E-state index is -0.623. The molecule has 1 atom stereocenters. The zero-order valence-electron chi connectivity index (χ0n) is 12.8. The van der Waals surface area contributed by atoms with E-state index < -0.39 is 8.15 Å². The van der Waals surface area contributed by atoms with Gasteiger partial charge in [-0.3, -0.25) is 0 Å². The van der Waals surface area contributed by atoms with Crippen molar-refractivity contribution in [2.24, 2.45) is 0 Å². The lowest BCUT2D eigenvalue weighted by atomic mass is 9.93. The van der Waals surface area contributed by atoms with Gasteiger partial charge in [-0.2, -0.15) is 0 Å². The van der Waals surface area contributed by atoms with Gasteiger partial charge in [-0.15, -0.1) is 0 Å². The molecular weight excluding hydrogens is 299 g/mol. The van der Waals surface area contributed by atoms with Crippen molar-refractivity contribution in [2.45, 2.75) is 0 Å². The molecule has 0 saturated heterocycles. The van der Waals surface area contributed by atoms with E-state index in [1.54, 1.807) is 0 Å². The van der Waals surface area contributed by atoms with Gasteiger partial charge in [0.1, 0.15) is 13.9 Å². The maximum absolute atomic E-state index is 6.28. The molecule has 0 saturated carbocycles. The van der Waals surface area contributed by atoms with Gasteiger partial charge in [-0.05, 0) is 40.3 Å². The van der Waals surface area contributed by atoms with Crippen molar-refractivity contribution in [3.63, 3.8) is 0 Å². The average molecular weight is 314 g/mol. The van der Waals surface area contributed by atoms with Crippen LogP contribution in [0.3, 0.4) is 0 Å². The summed E-state index contributed by atoms with van der Waals surface area (Å²) in [7, 11) is -0.623. The summed E-state index contributed by atoms with van der Waals surface area (Å²) in [5.74, 6) is 1.01. The molecule has 0 aliphatic carbocycles. The highest BCUT2D eigenvalue weighted by Gasteiger charge is 2.26. The van der Waals surface area contributed by atoms with E-state index in [-0.39, 0.29) is 0 Å². The van der Waals surface area contributed by atoms with Gasteiger partial charge in [-0.1, -0.05) is 60.7 Å². The van der Waals surface area contributed by atoms with Crippen LogP contribution in [0.25, 0.3) is 32.7 Å². The number of hydrogen-bond donors (Lipinski definition) is 0. The molecule has 2 heteroatoms. The summed E-state index contributed by atoms with van der Waals surface area (Å²) in [5, 5.41) is 6.47. The molecule has 1 aliphatic heterocycles. The Hall–Kier alpha value is -2.37. The van der Waals surface area contributed by atoms with Gasteiger partial charge < -0.3 is 4.52 Å². The summed E-state index contributed by atoms with van der Waals surface area (Å²) in [5.41, 5.74) is 2.60. The van der Waals surface area contributed by atoms with Crippen LogP contribution in [0.2, 0.25) is 0 Å². The molecule has 5 rings (SSSR count). The van der Waals surface area contributed by atoms with Gasteiger partial charge in [0, 0.05) is 16.4 Å². The molecule has 0 radical (unpaired) electrons. The SMILES string of the molecule is CP1Oc2ccc3ccccc3c2-c2c1ccc1ccccc21. The molecular formula is C21H15OP. The van der Waals surface area contributed by atoms with Gasteiger partial charge in [-0.25, -0.2) is 0 Å². The monoisotopic (exact) mass is 314 g/mol. The van der Waals surface area contributed by atoms with Crippen molar-refractivity contribution in [1.29, 1.82) is 0 Å². The first kappa shape index (κ1) is 13.1. The summed E-state index contributed by atoms with van der Waals surface area (Å²) < 4.78 is 6.28. The molecule has 110 valence electrons. The van der Waals surface area contributed by atoms with Crippen molar-refractivity contribution >= 4 is 35.0 Å². The highest BCUT2D eigenvalue weighted by atomic mass is 31.1. The zero-order valence-corrected chi connectivity index (χ0v) is 13.7. The minimum absolute atomic E-state index is 0.623. The Morgan fingerprint density at radius 3 is 2.00 bits per heavy atom. The van der Waals surface area contributed by atoms with Crippen LogP contribution in [0.5, 0.6) is 5.75 Å². The topological polar surface area (TPSA) is 9.23 Å². The van der Waals surface area contributed by atoms with E-state index in [1.807, 2.05) is 0 Å². The second-order valence-corrected chi connectivity index (χ2v) is 7.59. The Balaban J connectivity index is 2.01. The lowest BCUT2D eigenvalue weighted by Crippen LogP contribution is -2.14. The van der Waals surface area contributed by atoms with Crippen LogP contribution in [0.1, 0.15) is 0 Å². The standard InChI is InChI=1S/C21H15OP/c1-23-19-13-11-15-7-3-5-9-17(15)21(19)20-16-8-4-2-6-14(16)10-12-18(20)22-23/h2-13H,1H3. The Kier molecular flexibility index (Phi) is 2.74. The van der Waals surface area contributed by atoms with E-state index in [1.165, 1.54) is 38.0 Å². The Morgan fingerprint density at radius 2 is 1.26 bits per heavy atom. The van der Waals surface area contributed by atoms with Gasteiger partial charge in [0.2, 0.25) is 0 Å². The molecule has 0 N–H and O–H groups in total. The first-order chi connectivity index (χ1) is 11.3. The third kappa shape index (κ3) is 1.84. The lowest BCUT2D eigenvalue weighted by Gasteiger charge is -2.28. The smallest absolute Gasteiger partial charge is 0.132 e. The predicted octanol–water partition coefficient (Wildman–Crippen LogP) is 5.70. The van der Waals surface area contributed by atoms with Crippen molar-refractivity contribution < 1.29 is 4.52 Å². The number of rotatable bonds is 0. The summed E-state index contributed by atoms with van der Waals surface area (Å²) in [6.07, 6.45) is 0. The summed E-state index contributed by atoms with van der Waals surface area (Å²) in [6.45, 7) is 2.20. The quantitative estimate of drug-likeness (QED) is 0.378. The molecule has 4 aromatic carbocycles. The van der Waals surface area contributed by atoms with Crippen LogP contribution in [0.15, 0.2) is 72.8 Å². The van der Waals surface area contributed by atoms with Gasteiger partial charge in [0.15, 0.2) is 0 Å². The first-order valence-electron chi connectivity index (χ1n) is 7.78. The van der Waals surface area contributed by atoms with Gasteiger partial charge in [0.25, 0.3) is 0 Å². The van der Waals surface area contributed by atoms with Crippen molar-refractivity contribution in [3.8, 4) is 16.9 Å². The van der Waals surface area contributed by atoms with E-state index in [2.05, 4.69) is 79.5 Å². The minimum Gasteiger partial charge on any atom is -0.469 e. The maximum Gasteiger partial charge on any atom is 0.132 e. The van der Waals surface area contributed by atoms with Crippen LogP contribution in [-0.2, 0) is 0 Å². The molecule has 0 aromatic heterocycles. The van der Waals surface area contributed by atoms with Crippen LogP contribution >= 0.6 is 8.15 Å². The second kappa shape index (κ2) is 4.81. The van der Waals surface area contributed by atoms with Gasteiger partial charge in [0.05, 0.1) is 0 Å². The Bertz CT molecular complexity index is 1070. The molecule has 0 spiro atoms. The number of hydrogen-bond acceptors (Lipinski definition) is 1. The fourth-order valence-electron chi connectivity index (χ4n) is 3.57. The molecule has 1 nitrogen and oxygen atoms in total. The third-order valence-corrected chi connectivity index (χ3v) is 6.14. The van der Waals surface area contributed by atoms with Gasteiger partial charge >= 0.3 is 0 Å². The highest BCUT2D eigenvalue weighted by Crippen LogP contribution is 2.51. The number of fused-ring (bicyclic) bond motifs is 7. The fourth-order valence-corrected chi connectivity index (χ4v) is 4.94. The first-order valence-corrected chi connectivity index (χ1v) is 9.49. The van der Waals surface area contributed by atoms with E-state index in [0.717, 1.165) is 5.75 Å². The number of benzene rings is 4. The zero-order chi connectivity index (χ0) is 15.4. The van der Waals surface area contributed by atoms with Crippen LogP contribution < -0.4 is 9.83 Å². The fraction of sp³-hybridized carbons (Fsp3) is 0.0476. The summed E-state index contributed by atoms with van der Waals surface area (Å²) in [4.78, 5) is 0. The van der Waals surface area contributed by atoms with E-state index >= 15 is 0 Å². The molecule has 4 aromatic rings. The van der Waals surface area contributed by atoms with Crippen molar-refractivity contribution in [2.75, 3.05) is 6.66 Å². The lowest BCUT2D eigenvalue weighted by molar-refractivity contribution is 0.627. The third-order valence-electron chi connectivity index (χ3n) is 4.62. The van der Waals surface area contributed by atoms with Crippen LogP contribution in [0.4, 0.5) is 0 Å². The summed E-state index contributed by atoms with van der Waals surface area (Å²) >= 11 is 0. The van der Waals surface area contributed by atoms with E-state index in [4.69, 9.17) is 4.52 Å². The Labute approximate surface area is 136 Å². The molecule has 1 unspecified atom stereocenters. The second-order valence-electron chi connectivity index (χ2n) is 5.93. The summed E-state index contributed by atoms with van der Waals surface area (Å²) in [6, 6.07) is 26.0. The van der Waals surface area contributed by atoms with Crippen LogP contribution in [-0.4, -0.2) is 6.66 Å². The molecule has 0 fully saturated rings. The largest absolute Gasteiger partial charge is 0.469 e. The normalized spacial score (nSPS) is 16.0. The average Bonchev–Trinajstić information content (AvgIpc) is 2.61. The van der Waals surface area contributed by atoms with Crippen molar-refractivity contribution in [3.05, 3.63) is 72.8 Å². The van der Waals surface area contributed by atoms with E-state index in [9.17, 15) is 0 Å². The van der Waals surface area contributed by atoms with Crippen molar-refractivity contribution in [1.82, 2.24) is 0 Å². The van der Waals surface area contributed by atoms with E-state index in [0.29, 0.717) is 0 Å². The maximum atomic E-state index is 6.28. The molecule has 1 aliphatic rings. The van der Waals surface area contributed by atoms with Crippen LogP contribution in [0, 0.1) is 0 Å². The Morgan fingerprint density at radius 1 is 0.652 bits per heavy atom. The molecule has 1 heterocycles. The molecule has 0 bridgehead atoms. The predicted molar refractivity (Wildman–Crippen MR) is 100.0 cm³/mol.